The average molecular weight is 265 g/mol. The van der Waals surface area contributed by atoms with Gasteiger partial charge in [0.1, 0.15) is 11.6 Å². The van der Waals surface area contributed by atoms with Crippen molar-refractivity contribution >= 4 is 16.9 Å². The first-order chi connectivity index (χ1) is 8.93. The van der Waals surface area contributed by atoms with Crippen LogP contribution in [0.25, 0.3) is 10.9 Å². The molecule has 0 unspecified atom stereocenters. The number of aromatic nitrogens is 1. The summed E-state index contributed by atoms with van der Waals surface area (Å²) in [6.07, 6.45) is 1.80. The summed E-state index contributed by atoms with van der Waals surface area (Å²) in [7, 11) is 1.31. The normalized spacial score (nSPS) is 11.2. The second kappa shape index (κ2) is 4.91. The Bertz CT molecular complexity index is 631. The van der Waals surface area contributed by atoms with Gasteiger partial charge in [-0.25, -0.2) is 4.39 Å². The zero-order chi connectivity index (χ0) is 14.2. The molecular formula is C14H16FNO3. The molecule has 0 aliphatic rings. The van der Waals surface area contributed by atoms with Crippen LogP contribution in [0.15, 0.2) is 18.3 Å². The van der Waals surface area contributed by atoms with Gasteiger partial charge in [-0.2, -0.15) is 0 Å². The van der Waals surface area contributed by atoms with Gasteiger partial charge < -0.3 is 14.4 Å². The maximum Gasteiger partial charge on any atom is 0.310 e. The number of carbonyl (C=O) groups is 1. The topological polar surface area (TPSA) is 51.5 Å². The van der Waals surface area contributed by atoms with E-state index in [9.17, 15) is 14.3 Å². The van der Waals surface area contributed by atoms with Crippen molar-refractivity contribution in [3.05, 3.63) is 29.7 Å². The number of aromatic hydroxyl groups is 1. The zero-order valence-corrected chi connectivity index (χ0v) is 11.1. The lowest BCUT2D eigenvalue weighted by atomic mass is 10.1. The molecule has 1 N–H and O–H groups in total. The largest absolute Gasteiger partial charge is 0.507 e. The number of rotatable bonds is 3. The Morgan fingerprint density at radius 2 is 2.16 bits per heavy atom. The van der Waals surface area contributed by atoms with E-state index >= 15 is 0 Å². The summed E-state index contributed by atoms with van der Waals surface area (Å²) >= 11 is 0. The van der Waals surface area contributed by atoms with Gasteiger partial charge in [0, 0.05) is 23.7 Å². The van der Waals surface area contributed by atoms with E-state index in [0.717, 1.165) is 6.07 Å². The molecule has 0 amide bonds. The van der Waals surface area contributed by atoms with Crippen molar-refractivity contribution in [2.45, 2.75) is 26.3 Å². The summed E-state index contributed by atoms with van der Waals surface area (Å²) in [5.74, 6) is -1.06. The lowest BCUT2D eigenvalue weighted by Gasteiger charge is -2.09. The number of esters is 1. The van der Waals surface area contributed by atoms with Gasteiger partial charge in [0.15, 0.2) is 0 Å². The number of nitrogens with zero attached hydrogens (tertiary/aromatic N) is 1. The Labute approximate surface area is 110 Å². The van der Waals surface area contributed by atoms with Crippen LogP contribution in [0.1, 0.15) is 25.5 Å². The highest BCUT2D eigenvalue weighted by molar-refractivity contribution is 5.92. The summed E-state index contributed by atoms with van der Waals surface area (Å²) in [5, 5.41) is 10.4. The molecule has 1 aromatic heterocycles. The van der Waals surface area contributed by atoms with Crippen molar-refractivity contribution < 1.29 is 19.0 Å². The molecule has 0 radical (unpaired) electrons. The SMILES string of the molecule is COC(=O)Cc1cn(C(C)C)c2cc(F)cc(O)c12. The maximum absolute atomic E-state index is 13.4. The first kappa shape index (κ1) is 13.4. The van der Waals surface area contributed by atoms with Gasteiger partial charge in [-0.05, 0) is 25.5 Å². The molecule has 0 fully saturated rings. The van der Waals surface area contributed by atoms with Crippen molar-refractivity contribution in [3.63, 3.8) is 0 Å². The molecule has 2 aromatic rings. The molecule has 0 saturated heterocycles. The van der Waals surface area contributed by atoms with Crippen molar-refractivity contribution in [1.29, 1.82) is 0 Å². The van der Waals surface area contributed by atoms with Crippen LogP contribution in [0.3, 0.4) is 0 Å². The van der Waals surface area contributed by atoms with E-state index in [2.05, 4.69) is 4.74 Å². The predicted octanol–water partition coefficient (Wildman–Crippen LogP) is 2.78. The minimum absolute atomic E-state index is 0.0475. The van der Waals surface area contributed by atoms with E-state index in [-0.39, 0.29) is 18.2 Å². The molecule has 0 spiro atoms. The van der Waals surface area contributed by atoms with Crippen molar-refractivity contribution in [2.75, 3.05) is 7.11 Å². The van der Waals surface area contributed by atoms with E-state index in [1.54, 1.807) is 6.20 Å². The number of halogens is 1. The number of fused-ring (bicyclic) bond motifs is 1. The van der Waals surface area contributed by atoms with Crippen LogP contribution >= 0.6 is 0 Å². The lowest BCUT2D eigenvalue weighted by molar-refractivity contribution is -0.139. The smallest absolute Gasteiger partial charge is 0.310 e. The number of ether oxygens (including phenoxy) is 1. The van der Waals surface area contributed by atoms with E-state index < -0.39 is 11.8 Å². The highest BCUT2D eigenvalue weighted by Gasteiger charge is 2.17. The van der Waals surface area contributed by atoms with Gasteiger partial charge in [0.2, 0.25) is 0 Å². The molecule has 1 heterocycles. The van der Waals surface area contributed by atoms with E-state index in [1.807, 2.05) is 18.4 Å². The molecule has 1 aromatic carbocycles. The predicted molar refractivity (Wildman–Crippen MR) is 69.7 cm³/mol. The monoisotopic (exact) mass is 265 g/mol. The van der Waals surface area contributed by atoms with Crippen LogP contribution in [-0.2, 0) is 16.0 Å². The molecule has 19 heavy (non-hydrogen) atoms. The summed E-state index contributed by atoms with van der Waals surface area (Å²) in [4.78, 5) is 11.4. The second-order valence-electron chi connectivity index (χ2n) is 4.73. The van der Waals surface area contributed by atoms with Crippen LogP contribution in [0.5, 0.6) is 5.75 Å². The number of hydrogen-bond acceptors (Lipinski definition) is 3. The Balaban J connectivity index is 2.68. The number of phenolic OH excluding ortho intramolecular Hbond substituents is 1. The molecule has 0 atom stereocenters. The van der Waals surface area contributed by atoms with Crippen LogP contribution in [0.4, 0.5) is 4.39 Å². The van der Waals surface area contributed by atoms with Gasteiger partial charge in [-0.1, -0.05) is 0 Å². The van der Waals surface area contributed by atoms with Crippen LogP contribution in [-0.4, -0.2) is 22.8 Å². The van der Waals surface area contributed by atoms with Crippen molar-refractivity contribution in [2.24, 2.45) is 0 Å². The summed E-state index contributed by atoms with van der Waals surface area (Å²) in [6, 6.07) is 2.50. The molecule has 0 aliphatic carbocycles. The minimum atomic E-state index is -0.505. The molecular weight excluding hydrogens is 249 g/mol. The summed E-state index contributed by atoms with van der Waals surface area (Å²) in [5.41, 5.74) is 1.21. The fourth-order valence-electron chi connectivity index (χ4n) is 2.20. The highest BCUT2D eigenvalue weighted by Crippen LogP contribution is 2.33. The molecule has 0 aliphatic heterocycles. The maximum atomic E-state index is 13.4. The van der Waals surface area contributed by atoms with Gasteiger partial charge in [0.05, 0.1) is 19.0 Å². The number of benzene rings is 1. The van der Waals surface area contributed by atoms with Crippen molar-refractivity contribution in [3.8, 4) is 5.75 Å². The highest BCUT2D eigenvalue weighted by atomic mass is 19.1. The standard InChI is InChI=1S/C14H16FNO3/c1-8(2)16-7-9(4-13(18)19-3)14-11(16)5-10(15)6-12(14)17/h5-8,17H,4H2,1-3H3. The zero-order valence-electron chi connectivity index (χ0n) is 11.1. The molecule has 2 rings (SSSR count). The van der Waals surface area contributed by atoms with E-state index in [0.29, 0.717) is 16.5 Å². The molecule has 0 saturated carbocycles. The first-order valence-corrected chi connectivity index (χ1v) is 6.02. The van der Waals surface area contributed by atoms with Gasteiger partial charge in [-0.15, -0.1) is 0 Å². The Kier molecular flexibility index (Phi) is 3.46. The summed E-state index contributed by atoms with van der Waals surface area (Å²) < 4.78 is 19.9. The van der Waals surface area contributed by atoms with Crippen molar-refractivity contribution in [1.82, 2.24) is 4.57 Å². The fraction of sp³-hybridized carbons (Fsp3) is 0.357. The number of phenols is 1. The Morgan fingerprint density at radius 3 is 2.74 bits per heavy atom. The quantitative estimate of drug-likeness (QED) is 0.868. The van der Waals surface area contributed by atoms with E-state index in [1.165, 1.54) is 13.2 Å². The fourth-order valence-corrected chi connectivity index (χ4v) is 2.20. The second-order valence-corrected chi connectivity index (χ2v) is 4.73. The Hall–Kier alpha value is -2.04. The van der Waals surface area contributed by atoms with Crippen LogP contribution < -0.4 is 0 Å². The van der Waals surface area contributed by atoms with Gasteiger partial charge >= 0.3 is 5.97 Å². The third kappa shape index (κ3) is 2.41. The van der Waals surface area contributed by atoms with E-state index in [4.69, 9.17) is 0 Å². The average Bonchev–Trinajstić information content (AvgIpc) is 2.67. The molecule has 5 heteroatoms. The van der Waals surface area contributed by atoms with Crippen LogP contribution in [0.2, 0.25) is 0 Å². The summed E-state index contributed by atoms with van der Waals surface area (Å²) in [6.45, 7) is 3.90. The Morgan fingerprint density at radius 1 is 1.47 bits per heavy atom. The van der Waals surface area contributed by atoms with Crippen LogP contribution in [0, 0.1) is 5.82 Å². The minimum Gasteiger partial charge on any atom is -0.507 e. The van der Waals surface area contributed by atoms with Gasteiger partial charge in [0.25, 0.3) is 0 Å². The first-order valence-electron chi connectivity index (χ1n) is 6.02. The molecule has 102 valence electrons. The third-order valence-electron chi connectivity index (χ3n) is 3.07. The number of carbonyl (C=O) groups excluding carboxylic acids is 1. The molecule has 0 bridgehead atoms. The molecule has 4 nitrogen and oxygen atoms in total. The van der Waals surface area contributed by atoms with Gasteiger partial charge in [-0.3, -0.25) is 4.79 Å². The number of hydrogen-bond donors (Lipinski definition) is 1. The third-order valence-corrected chi connectivity index (χ3v) is 3.07. The number of methoxy groups -OCH3 is 1. The lowest BCUT2D eigenvalue weighted by Crippen LogP contribution is -2.04.